The summed E-state index contributed by atoms with van der Waals surface area (Å²) in [6.07, 6.45) is 2.97. The number of rotatable bonds is 3. The van der Waals surface area contributed by atoms with Gasteiger partial charge in [-0.05, 0) is 42.9 Å². The SMILES string of the molecule is C[C@@H]1CCc2c(sc(NC(=O)c3ccccc3)c2C(=O)N(C)C)C1. The molecule has 1 aliphatic rings. The molecule has 5 heteroatoms. The smallest absolute Gasteiger partial charge is 0.256 e. The molecular formula is C19H22N2O2S. The Bertz CT molecular complexity index is 765. The van der Waals surface area contributed by atoms with Crippen LogP contribution in [0, 0.1) is 5.92 Å². The number of nitrogens with one attached hydrogen (secondary N) is 1. The number of fused-ring (bicyclic) bond motifs is 1. The van der Waals surface area contributed by atoms with E-state index in [4.69, 9.17) is 0 Å². The van der Waals surface area contributed by atoms with Gasteiger partial charge in [0.05, 0.1) is 5.56 Å². The Morgan fingerprint density at radius 2 is 1.92 bits per heavy atom. The van der Waals surface area contributed by atoms with E-state index in [1.165, 1.54) is 4.88 Å². The molecular weight excluding hydrogens is 320 g/mol. The molecule has 2 amide bonds. The Labute approximate surface area is 146 Å². The Kier molecular flexibility index (Phi) is 4.71. The molecule has 3 rings (SSSR count). The summed E-state index contributed by atoms with van der Waals surface area (Å²) in [5, 5.41) is 3.65. The van der Waals surface area contributed by atoms with Crippen molar-refractivity contribution in [3.05, 3.63) is 51.9 Å². The minimum absolute atomic E-state index is 0.0367. The first-order valence-corrected chi connectivity index (χ1v) is 9.01. The average Bonchev–Trinajstić information content (AvgIpc) is 2.91. The van der Waals surface area contributed by atoms with Crippen molar-refractivity contribution in [1.29, 1.82) is 0 Å². The first-order chi connectivity index (χ1) is 11.5. The minimum atomic E-state index is -0.171. The number of thiophene rings is 1. The van der Waals surface area contributed by atoms with Gasteiger partial charge in [-0.3, -0.25) is 9.59 Å². The van der Waals surface area contributed by atoms with Crippen LogP contribution in [0.3, 0.4) is 0 Å². The third kappa shape index (κ3) is 3.22. The maximum Gasteiger partial charge on any atom is 0.256 e. The Morgan fingerprint density at radius 3 is 2.58 bits per heavy atom. The molecule has 0 radical (unpaired) electrons. The van der Waals surface area contributed by atoms with Crippen molar-refractivity contribution in [2.45, 2.75) is 26.2 Å². The zero-order valence-electron chi connectivity index (χ0n) is 14.3. The van der Waals surface area contributed by atoms with Gasteiger partial charge in [0.2, 0.25) is 0 Å². The van der Waals surface area contributed by atoms with Crippen LogP contribution in [0.5, 0.6) is 0 Å². The van der Waals surface area contributed by atoms with Crippen molar-refractivity contribution < 1.29 is 9.59 Å². The average molecular weight is 342 g/mol. The lowest BCUT2D eigenvalue weighted by Crippen LogP contribution is -2.25. The molecule has 1 aromatic carbocycles. The van der Waals surface area contributed by atoms with E-state index in [0.29, 0.717) is 22.0 Å². The summed E-state index contributed by atoms with van der Waals surface area (Å²) in [4.78, 5) is 28.0. The van der Waals surface area contributed by atoms with Gasteiger partial charge < -0.3 is 10.2 Å². The van der Waals surface area contributed by atoms with Crippen LogP contribution < -0.4 is 5.32 Å². The van der Waals surface area contributed by atoms with Crippen molar-refractivity contribution in [1.82, 2.24) is 4.90 Å². The summed E-state index contributed by atoms with van der Waals surface area (Å²) < 4.78 is 0. The maximum absolute atomic E-state index is 12.7. The van der Waals surface area contributed by atoms with Crippen molar-refractivity contribution in [2.75, 3.05) is 19.4 Å². The molecule has 2 aromatic rings. The second-order valence-corrected chi connectivity index (χ2v) is 7.68. The molecule has 0 unspecified atom stereocenters. The van der Waals surface area contributed by atoms with Gasteiger partial charge in [-0.25, -0.2) is 0 Å². The van der Waals surface area contributed by atoms with Crippen molar-refractivity contribution in [3.8, 4) is 0 Å². The van der Waals surface area contributed by atoms with Crippen LogP contribution in [0.4, 0.5) is 5.00 Å². The van der Waals surface area contributed by atoms with Gasteiger partial charge in [-0.1, -0.05) is 25.1 Å². The topological polar surface area (TPSA) is 49.4 Å². The number of benzene rings is 1. The number of nitrogens with zero attached hydrogens (tertiary/aromatic N) is 1. The summed E-state index contributed by atoms with van der Waals surface area (Å²) >= 11 is 1.55. The Morgan fingerprint density at radius 1 is 1.21 bits per heavy atom. The van der Waals surface area contributed by atoms with Crippen LogP contribution in [0.2, 0.25) is 0 Å². The van der Waals surface area contributed by atoms with E-state index >= 15 is 0 Å². The fraction of sp³-hybridized carbons (Fsp3) is 0.368. The van der Waals surface area contributed by atoms with Gasteiger partial charge in [-0.15, -0.1) is 11.3 Å². The van der Waals surface area contributed by atoms with Gasteiger partial charge >= 0.3 is 0 Å². The predicted octanol–water partition coefficient (Wildman–Crippen LogP) is 3.83. The number of hydrogen-bond donors (Lipinski definition) is 1. The van der Waals surface area contributed by atoms with Crippen molar-refractivity contribution in [2.24, 2.45) is 5.92 Å². The first-order valence-electron chi connectivity index (χ1n) is 8.20. The first kappa shape index (κ1) is 16.7. The van der Waals surface area contributed by atoms with E-state index < -0.39 is 0 Å². The molecule has 0 aliphatic heterocycles. The fourth-order valence-corrected chi connectivity index (χ4v) is 4.45. The zero-order valence-corrected chi connectivity index (χ0v) is 15.1. The van der Waals surface area contributed by atoms with Gasteiger partial charge in [-0.2, -0.15) is 0 Å². The second-order valence-electron chi connectivity index (χ2n) is 6.58. The molecule has 1 N–H and O–H groups in total. The normalized spacial score (nSPS) is 16.4. The predicted molar refractivity (Wildman–Crippen MR) is 97.9 cm³/mol. The highest BCUT2D eigenvalue weighted by atomic mass is 32.1. The highest BCUT2D eigenvalue weighted by molar-refractivity contribution is 7.17. The largest absolute Gasteiger partial charge is 0.345 e. The zero-order chi connectivity index (χ0) is 17.3. The number of hydrogen-bond acceptors (Lipinski definition) is 3. The van der Waals surface area contributed by atoms with Gasteiger partial charge in [0.25, 0.3) is 11.8 Å². The van der Waals surface area contributed by atoms with E-state index in [0.717, 1.165) is 24.8 Å². The number of anilines is 1. The summed E-state index contributed by atoms with van der Waals surface area (Å²) in [5.41, 5.74) is 2.40. The van der Waals surface area contributed by atoms with Crippen LogP contribution in [0.1, 0.15) is 44.5 Å². The molecule has 24 heavy (non-hydrogen) atoms. The number of carbonyl (C=O) groups excluding carboxylic acids is 2. The molecule has 1 atom stereocenters. The van der Waals surface area contributed by atoms with Crippen LogP contribution in [-0.2, 0) is 12.8 Å². The highest BCUT2D eigenvalue weighted by Gasteiger charge is 2.29. The molecule has 0 fully saturated rings. The van der Waals surface area contributed by atoms with Crippen molar-refractivity contribution in [3.63, 3.8) is 0 Å². The third-order valence-corrected chi connectivity index (χ3v) is 5.56. The summed E-state index contributed by atoms with van der Waals surface area (Å²) in [6.45, 7) is 2.23. The lowest BCUT2D eigenvalue weighted by Gasteiger charge is -2.19. The van der Waals surface area contributed by atoms with E-state index in [1.807, 2.05) is 18.2 Å². The molecule has 0 bridgehead atoms. The minimum Gasteiger partial charge on any atom is -0.345 e. The van der Waals surface area contributed by atoms with E-state index in [1.54, 1.807) is 42.5 Å². The lowest BCUT2D eigenvalue weighted by atomic mass is 9.88. The van der Waals surface area contributed by atoms with Crippen LogP contribution >= 0.6 is 11.3 Å². The molecule has 1 aliphatic carbocycles. The molecule has 126 valence electrons. The summed E-state index contributed by atoms with van der Waals surface area (Å²) in [7, 11) is 3.50. The maximum atomic E-state index is 12.7. The van der Waals surface area contributed by atoms with Gasteiger partial charge in [0, 0.05) is 24.5 Å². The van der Waals surface area contributed by atoms with Crippen molar-refractivity contribution >= 4 is 28.2 Å². The third-order valence-electron chi connectivity index (χ3n) is 4.39. The molecule has 0 spiro atoms. The molecule has 1 aromatic heterocycles. The van der Waals surface area contributed by atoms with Gasteiger partial charge in [0.15, 0.2) is 0 Å². The van der Waals surface area contributed by atoms with E-state index in [-0.39, 0.29) is 11.8 Å². The number of amides is 2. The lowest BCUT2D eigenvalue weighted by molar-refractivity contribution is 0.0827. The standard InChI is InChI=1S/C19H22N2O2S/c1-12-9-10-14-15(11-12)24-18(16(14)19(23)21(2)3)20-17(22)13-7-5-4-6-8-13/h4-8,12H,9-11H2,1-3H3,(H,20,22)/t12-/m1/s1. The van der Waals surface area contributed by atoms with E-state index in [2.05, 4.69) is 12.2 Å². The molecule has 1 heterocycles. The monoisotopic (exact) mass is 342 g/mol. The Balaban J connectivity index is 1.97. The van der Waals surface area contributed by atoms with Gasteiger partial charge in [0.1, 0.15) is 5.00 Å². The second kappa shape index (κ2) is 6.77. The van der Waals surface area contributed by atoms with E-state index in [9.17, 15) is 9.59 Å². The summed E-state index contributed by atoms with van der Waals surface area (Å²) in [6, 6.07) is 9.10. The summed E-state index contributed by atoms with van der Waals surface area (Å²) in [5.74, 6) is 0.414. The quantitative estimate of drug-likeness (QED) is 0.922. The van der Waals surface area contributed by atoms with Crippen LogP contribution in [0.15, 0.2) is 30.3 Å². The van der Waals surface area contributed by atoms with Crippen LogP contribution in [0.25, 0.3) is 0 Å². The highest BCUT2D eigenvalue weighted by Crippen LogP contribution is 2.40. The number of carbonyl (C=O) groups is 2. The molecule has 0 saturated carbocycles. The molecule has 0 saturated heterocycles. The van der Waals surface area contributed by atoms with Crippen LogP contribution in [-0.4, -0.2) is 30.8 Å². The fourth-order valence-electron chi connectivity index (χ4n) is 3.05. The Hall–Kier alpha value is -2.14. The molecule has 4 nitrogen and oxygen atoms in total.